The number of carbonyl (C=O) groups is 4. The van der Waals surface area contributed by atoms with Crippen molar-refractivity contribution in [1.29, 1.82) is 0 Å². The Morgan fingerprint density at radius 1 is 1.30 bits per heavy atom. The summed E-state index contributed by atoms with van der Waals surface area (Å²) in [5.74, 6) is -2.22. The Bertz CT molecular complexity index is 753. The molecule has 23 heavy (non-hydrogen) atoms. The second kappa shape index (κ2) is 5.68. The summed E-state index contributed by atoms with van der Waals surface area (Å²) < 4.78 is 0. The van der Waals surface area contributed by atoms with Crippen molar-refractivity contribution < 1.29 is 24.3 Å². The predicted octanol–water partition coefficient (Wildman–Crippen LogP) is 0.545. The van der Waals surface area contributed by atoms with Gasteiger partial charge in [-0.1, -0.05) is 18.2 Å². The van der Waals surface area contributed by atoms with Crippen LogP contribution in [0.25, 0.3) is 6.08 Å². The van der Waals surface area contributed by atoms with Crippen LogP contribution >= 0.6 is 0 Å². The first kappa shape index (κ1) is 15.0. The molecule has 0 bridgehead atoms. The number of piperidine rings is 1. The Hall–Kier alpha value is -2.96. The minimum Gasteiger partial charge on any atom is -0.478 e. The lowest BCUT2D eigenvalue weighted by Crippen LogP contribution is -2.52. The highest BCUT2D eigenvalue weighted by molar-refractivity contribution is 6.07. The second-order valence-electron chi connectivity index (χ2n) is 5.45. The van der Waals surface area contributed by atoms with Gasteiger partial charge < -0.3 is 10.0 Å². The molecular weight excluding hydrogens is 300 g/mol. The van der Waals surface area contributed by atoms with E-state index >= 15 is 0 Å². The number of imide groups is 1. The number of carbonyl (C=O) groups excluding carboxylic acids is 3. The summed E-state index contributed by atoms with van der Waals surface area (Å²) in [5.41, 5.74) is 1.66. The van der Waals surface area contributed by atoms with Crippen molar-refractivity contribution in [1.82, 2.24) is 10.2 Å². The van der Waals surface area contributed by atoms with Gasteiger partial charge in [0.05, 0.1) is 5.56 Å². The topological polar surface area (TPSA) is 104 Å². The third-order valence-electron chi connectivity index (χ3n) is 3.99. The summed E-state index contributed by atoms with van der Waals surface area (Å²) in [6.45, 7) is 0.273. The molecule has 0 aromatic heterocycles. The van der Waals surface area contributed by atoms with E-state index in [4.69, 9.17) is 5.11 Å². The molecule has 7 nitrogen and oxygen atoms in total. The number of amides is 3. The van der Waals surface area contributed by atoms with Gasteiger partial charge in [0, 0.05) is 19.0 Å². The highest BCUT2D eigenvalue weighted by atomic mass is 16.4. The van der Waals surface area contributed by atoms with Gasteiger partial charge in [-0.2, -0.15) is 0 Å². The largest absolute Gasteiger partial charge is 0.478 e. The number of hydrogen-bond donors (Lipinski definition) is 2. The highest BCUT2D eigenvalue weighted by Crippen LogP contribution is 2.30. The van der Waals surface area contributed by atoms with E-state index in [1.807, 2.05) is 0 Å². The first-order valence-corrected chi connectivity index (χ1v) is 7.15. The maximum absolute atomic E-state index is 12.7. The van der Waals surface area contributed by atoms with Crippen LogP contribution in [0.3, 0.4) is 0 Å². The standard InChI is InChI=1S/C16H14N2O5/c19-12-6-5-11(15(22)17-12)18-8-10-3-1-2-9(4-7-13(20)21)14(10)16(18)23/h1-4,7,11H,5-6,8H2,(H,20,21)(H,17,19,22)/b7-4+. The molecule has 1 unspecified atom stereocenters. The maximum atomic E-state index is 12.7. The van der Waals surface area contributed by atoms with Crippen molar-refractivity contribution in [2.45, 2.75) is 25.4 Å². The minimum absolute atomic E-state index is 0.197. The summed E-state index contributed by atoms with van der Waals surface area (Å²) in [6.07, 6.45) is 2.83. The number of hydrogen-bond acceptors (Lipinski definition) is 4. The van der Waals surface area contributed by atoms with Crippen LogP contribution in [0.1, 0.15) is 34.3 Å². The first-order valence-electron chi connectivity index (χ1n) is 7.15. The van der Waals surface area contributed by atoms with Gasteiger partial charge in [0.2, 0.25) is 11.8 Å². The summed E-state index contributed by atoms with van der Waals surface area (Å²) in [7, 11) is 0. The van der Waals surface area contributed by atoms with Crippen LogP contribution in [-0.4, -0.2) is 39.7 Å². The highest BCUT2D eigenvalue weighted by Gasteiger charge is 2.39. The summed E-state index contributed by atoms with van der Waals surface area (Å²) >= 11 is 0. The monoisotopic (exact) mass is 314 g/mol. The lowest BCUT2D eigenvalue weighted by atomic mass is 10.0. The van der Waals surface area contributed by atoms with Gasteiger partial charge in [-0.15, -0.1) is 0 Å². The van der Waals surface area contributed by atoms with Crippen molar-refractivity contribution >= 4 is 29.8 Å². The third-order valence-corrected chi connectivity index (χ3v) is 3.99. The van der Waals surface area contributed by atoms with Crippen LogP contribution in [0, 0.1) is 0 Å². The van der Waals surface area contributed by atoms with E-state index in [2.05, 4.69) is 5.32 Å². The molecule has 1 atom stereocenters. The molecule has 2 heterocycles. The molecule has 3 amide bonds. The van der Waals surface area contributed by atoms with Crippen molar-refractivity contribution in [2.24, 2.45) is 0 Å². The first-order chi connectivity index (χ1) is 11.0. The smallest absolute Gasteiger partial charge is 0.328 e. The van der Waals surface area contributed by atoms with Crippen molar-refractivity contribution in [3.8, 4) is 0 Å². The predicted molar refractivity (Wildman–Crippen MR) is 79.2 cm³/mol. The molecule has 2 aliphatic rings. The zero-order chi connectivity index (χ0) is 16.6. The molecule has 0 radical (unpaired) electrons. The van der Waals surface area contributed by atoms with Crippen LogP contribution < -0.4 is 5.32 Å². The second-order valence-corrected chi connectivity index (χ2v) is 5.45. The van der Waals surface area contributed by atoms with Crippen molar-refractivity contribution in [2.75, 3.05) is 0 Å². The summed E-state index contributed by atoms with van der Waals surface area (Å²) in [4.78, 5) is 48.0. The molecule has 0 spiro atoms. The van der Waals surface area contributed by atoms with E-state index in [9.17, 15) is 19.2 Å². The minimum atomic E-state index is -1.10. The average Bonchev–Trinajstić information content (AvgIpc) is 2.83. The van der Waals surface area contributed by atoms with Gasteiger partial charge >= 0.3 is 5.97 Å². The van der Waals surface area contributed by atoms with Gasteiger partial charge in [-0.05, 0) is 23.6 Å². The molecule has 2 aliphatic heterocycles. The van der Waals surface area contributed by atoms with Crippen LogP contribution in [0.4, 0.5) is 0 Å². The number of nitrogens with one attached hydrogen (secondary N) is 1. The number of carboxylic acid groups (broad SMARTS) is 1. The van der Waals surface area contributed by atoms with Crippen LogP contribution in [0.2, 0.25) is 0 Å². The number of carboxylic acids is 1. The fourth-order valence-electron chi connectivity index (χ4n) is 2.94. The van der Waals surface area contributed by atoms with E-state index in [1.165, 1.54) is 11.0 Å². The summed E-state index contributed by atoms with van der Waals surface area (Å²) in [6, 6.07) is 4.49. The summed E-state index contributed by atoms with van der Waals surface area (Å²) in [5, 5.41) is 11.0. The van der Waals surface area contributed by atoms with Gasteiger partial charge in [-0.25, -0.2) is 4.79 Å². The SMILES string of the molecule is O=C(O)/C=C/c1cccc2c1C(=O)N(C1CCC(=O)NC1=O)C2. The zero-order valence-corrected chi connectivity index (χ0v) is 12.1. The Labute approximate surface area is 131 Å². The van der Waals surface area contributed by atoms with Crippen LogP contribution in [0.5, 0.6) is 0 Å². The van der Waals surface area contributed by atoms with E-state index < -0.39 is 17.9 Å². The van der Waals surface area contributed by atoms with Gasteiger partial charge in [-0.3, -0.25) is 19.7 Å². The molecule has 1 aromatic rings. The number of rotatable bonds is 3. The quantitative estimate of drug-likeness (QED) is 0.626. The third kappa shape index (κ3) is 2.73. The molecule has 1 aromatic carbocycles. The molecule has 1 saturated heterocycles. The van der Waals surface area contributed by atoms with Gasteiger partial charge in [0.25, 0.3) is 5.91 Å². The maximum Gasteiger partial charge on any atom is 0.328 e. The lowest BCUT2D eigenvalue weighted by Gasteiger charge is -2.29. The van der Waals surface area contributed by atoms with Crippen LogP contribution in [0.15, 0.2) is 24.3 Å². The lowest BCUT2D eigenvalue weighted by molar-refractivity contribution is -0.137. The Kier molecular flexibility index (Phi) is 3.69. The average molecular weight is 314 g/mol. The van der Waals surface area contributed by atoms with Crippen LogP contribution in [-0.2, 0) is 20.9 Å². The molecular formula is C16H14N2O5. The molecule has 7 heteroatoms. The van der Waals surface area contributed by atoms with Gasteiger partial charge in [0.15, 0.2) is 0 Å². The van der Waals surface area contributed by atoms with E-state index in [0.717, 1.165) is 11.6 Å². The van der Waals surface area contributed by atoms with Crippen molar-refractivity contribution in [3.63, 3.8) is 0 Å². The number of benzene rings is 1. The fraction of sp³-hybridized carbons (Fsp3) is 0.250. The molecule has 1 fully saturated rings. The fourth-order valence-corrected chi connectivity index (χ4v) is 2.94. The Morgan fingerprint density at radius 3 is 2.78 bits per heavy atom. The van der Waals surface area contributed by atoms with E-state index in [1.54, 1.807) is 18.2 Å². The number of aliphatic carboxylic acids is 1. The normalized spacial score (nSPS) is 20.8. The molecule has 0 aliphatic carbocycles. The Morgan fingerprint density at radius 2 is 2.09 bits per heavy atom. The van der Waals surface area contributed by atoms with E-state index in [0.29, 0.717) is 17.5 Å². The molecule has 118 valence electrons. The Balaban J connectivity index is 1.90. The number of nitrogens with zero attached hydrogens (tertiary/aromatic N) is 1. The van der Waals surface area contributed by atoms with Gasteiger partial charge in [0.1, 0.15) is 6.04 Å². The molecule has 2 N–H and O–H groups in total. The number of fused-ring (bicyclic) bond motifs is 1. The van der Waals surface area contributed by atoms with E-state index in [-0.39, 0.29) is 24.8 Å². The van der Waals surface area contributed by atoms with Crippen molar-refractivity contribution in [3.05, 3.63) is 41.0 Å². The molecule has 3 rings (SSSR count). The molecule has 0 saturated carbocycles. The zero-order valence-electron chi connectivity index (χ0n) is 12.1.